The maximum absolute atomic E-state index is 10.7. The second kappa shape index (κ2) is 9.45. The summed E-state index contributed by atoms with van der Waals surface area (Å²) in [5.74, 6) is -1.02. The van der Waals surface area contributed by atoms with Gasteiger partial charge in [0.15, 0.2) is 0 Å². The number of hydrogen-bond acceptors (Lipinski definition) is 8. The van der Waals surface area contributed by atoms with Gasteiger partial charge >= 0.3 is 0 Å². The molecule has 2 aromatic rings. The summed E-state index contributed by atoms with van der Waals surface area (Å²) in [5, 5.41) is 11.4. The maximum atomic E-state index is 10.7. The summed E-state index contributed by atoms with van der Waals surface area (Å²) < 4.78 is 34.1. The predicted octanol–water partition coefficient (Wildman–Crippen LogP) is 1.29. The molecule has 1 aliphatic heterocycles. The van der Waals surface area contributed by atoms with Crippen LogP contribution in [0.2, 0.25) is 5.02 Å². The third-order valence-corrected chi connectivity index (χ3v) is 5.04. The van der Waals surface area contributed by atoms with Gasteiger partial charge in [0.1, 0.15) is 0 Å². The molecule has 26 heavy (non-hydrogen) atoms. The van der Waals surface area contributed by atoms with Crippen molar-refractivity contribution in [1.82, 2.24) is 4.90 Å². The molecule has 0 unspecified atom stereocenters. The topological polar surface area (TPSA) is 124 Å². The fourth-order valence-corrected chi connectivity index (χ4v) is 4.00. The van der Waals surface area contributed by atoms with E-state index in [9.17, 15) is 9.90 Å². The average molecular weight is 418 g/mol. The Bertz CT molecular complexity index is 857. The Morgan fingerprint density at radius 2 is 1.88 bits per heavy atom. The Labute approximate surface area is 161 Å². The molecular formula is C16H16ClNO6S2-3. The third-order valence-electron chi connectivity index (χ3n) is 3.44. The molecule has 7 nitrogen and oxygen atoms in total. The lowest BCUT2D eigenvalue weighted by Gasteiger charge is -2.26. The zero-order valence-corrected chi connectivity index (χ0v) is 16.2. The molecule has 0 amide bonds. The summed E-state index contributed by atoms with van der Waals surface area (Å²) >= 11 is 7.98. The van der Waals surface area contributed by atoms with E-state index < -0.39 is 16.4 Å². The van der Waals surface area contributed by atoms with Gasteiger partial charge in [0.25, 0.3) is 0 Å². The van der Waals surface area contributed by atoms with Crippen molar-refractivity contribution < 1.29 is 27.4 Å². The van der Waals surface area contributed by atoms with Crippen molar-refractivity contribution >= 4 is 39.3 Å². The van der Waals surface area contributed by atoms with E-state index in [-0.39, 0.29) is 14.0 Å². The number of benzene rings is 1. The molecule has 0 spiro atoms. The van der Waals surface area contributed by atoms with Crippen LogP contribution in [-0.4, -0.2) is 41.5 Å². The summed E-state index contributed by atoms with van der Waals surface area (Å²) in [6.45, 7) is 1.43. The first-order valence-electron chi connectivity index (χ1n) is 7.09. The van der Waals surface area contributed by atoms with Crippen LogP contribution in [0.4, 0.5) is 0 Å². The van der Waals surface area contributed by atoms with Gasteiger partial charge in [0, 0.05) is 50.4 Å². The number of thiophene rings is 1. The second-order valence-electron chi connectivity index (χ2n) is 5.28. The van der Waals surface area contributed by atoms with E-state index in [0.717, 1.165) is 28.4 Å². The number of nitrogens with zero attached hydrogens (tertiary/aromatic N) is 1. The molecule has 3 rings (SSSR count). The Hall–Kier alpha value is -1.49. The van der Waals surface area contributed by atoms with Crippen LogP contribution in [0.15, 0.2) is 30.3 Å². The van der Waals surface area contributed by atoms with Crippen molar-refractivity contribution in [2.45, 2.75) is 13.0 Å². The molecule has 0 saturated heterocycles. The van der Waals surface area contributed by atoms with E-state index in [4.69, 9.17) is 29.1 Å². The number of carboxylic acid groups (broad SMARTS) is 1. The molecule has 0 aliphatic carbocycles. The second-order valence-corrected chi connectivity index (χ2v) is 7.64. The lowest BCUT2D eigenvalue weighted by Crippen LogP contribution is -2.40. The Kier molecular flexibility index (Phi) is 8.19. The van der Waals surface area contributed by atoms with Crippen LogP contribution in [0.25, 0.3) is 10.4 Å². The van der Waals surface area contributed by atoms with Crippen LogP contribution in [0.5, 0.6) is 0 Å². The van der Waals surface area contributed by atoms with Gasteiger partial charge in [-0.05, 0) is 24.1 Å². The highest BCUT2D eigenvalue weighted by Crippen LogP contribution is 2.37. The molecule has 0 fully saturated rings. The van der Waals surface area contributed by atoms with E-state index in [1.54, 1.807) is 11.3 Å². The fraction of sp³-hybridized carbons (Fsp3) is 0.250. The molecule has 0 saturated carbocycles. The SMILES string of the molecule is O=C([O-])CN1CCc2sc(-c3ccccc3Cl)cc2C1.O=S(=O)([O-])[O-].[CH3]. The minimum atomic E-state index is -5.17. The molecule has 0 N–H and O–H groups in total. The van der Waals surface area contributed by atoms with E-state index >= 15 is 0 Å². The highest BCUT2D eigenvalue weighted by molar-refractivity contribution is 7.79. The van der Waals surface area contributed by atoms with Crippen molar-refractivity contribution in [2.75, 3.05) is 13.1 Å². The quantitative estimate of drug-likeness (QED) is 0.544. The van der Waals surface area contributed by atoms with Crippen LogP contribution in [0, 0.1) is 7.43 Å². The lowest BCUT2D eigenvalue weighted by molar-refractivity contribution is -0.306. The maximum Gasteiger partial charge on any atom is 0.0555 e. The van der Waals surface area contributed by atoms with E-state index in [2.05, 4.69) is 6.07 Å². The van der Waals surface area contributed by atoms with Gasteiger partial charge in [0.05, 0.1) is 5.97 Å². The number of hydrogen-bond donors (Lipinski definition) is 0. The zero-order chi connectivity index (χ0) is 18.6. The molecule has 0 atom stereocenters. The predicted molar refractivity (Wildman–Crippen MR) is 95.6 cm³/mol. The van der Waals surface area contributed by atoms with Crippen molar-refractivity contribution in [1.29, 1.82) is 0 Å². The molecule has 1 aromatic heterocycles. The number of aliphatic carboxylic acids is 1. The fourth-order valence-electron chi connectivity index (χ4n) is 2.50. The van der Waals surface area contributed by atoms with Gasteiger partial charge in [-0.2, -0.15) is 0 Å². The number of fused-ring (bicyclic) bond motifs is 1. The molecular weight excluding hydrogens is 402 g/mol. The first kappa shape index (κ1) is 22.6. The monoisotopic (exact) mass is 417 g/mol. The number of carbonyl (C=O) groups is 1. The van der Waals surface area contributed by atoms with Crippen molar-refractivity contribution in [3.8, 4) is 10.4 Å². The minimum Gasteiger partial charge on any atom is -0.759 e. The van der Waals surface area contributed by atoms with Gasteiger partial charge in [-0.25, -0.2) is 0 Å². The minimum absolute atomic E-state index is 0. The largest absolute Gasteiger partial charge is 0.759 e. The molecule has 1 aliphatic rings. The molecule has 2 heterocycles. The summed E-state index contributed by atoms with van der Waals surface area (Å²) in [4.78, 5) is 15.1. The Morgan fingerprint density at radius 3 is 2.46 bits per heavy atom. The van der Waals surface area contributed by atoms with Crippen LogP contribution < -0.4 is 5.11 Å². The van der Waals surface area contributed by atoms with Crippen molar-refractivity contribution in [2.24, 2.45) is 0 Å². The first-order valence-corrected chi connectivity index (χ1v) is 9.61. The summed E-state index contributed by atoms with van der Waals surface area (Å²) in [6, 6.07) is 9.92. The molecule has 1 radical (unpaired) electrons. The smallest absolute Gasteiger partial charge is 0.0555 e. The highest BCUT2D eigenvalue weighted by Gasteiger charge is 2.20. The number of carbonyl (C=O) groups excluding carboxylic acids is 1. The third kappa shape index (κ3) is 7.02. The molecule has 143 valence electrons. The first-order chi connectivity index (χ1) is 11.6. The normalized spacial score (nSPS) is 13.8. The number of rotatable bonds is 3. The van der Waals surface area contributed by atoms with Gasteiger partial charge in [-0.3, -0.25) is 13.3 Å². The van der Waals surface area contributed by atoms with Gasteiger partial charge in [0.2, 0.25) is 0 Å². The summed E-state index contributed by atoms with van der Waals surface area (Å²) in [7, 11) is -5.17. The molecule has 0 bridgehead atoms. The Balaban J connectivity index is 0.000000501. The summed E-state index contributed by atoms with van der Waals surface area (Å²) in [5.41, 5.74) is 2.25. The molecule has 1 aromatic carbocycles. The van der Waals surface area contributed by atoms with Gasteiger partial charge < -0.3 is 19.0 Å². The van der Waals surface area contributed by atoms with Gasteiger partial charge in [-0.1, -0.05) is 37.2 Å². The van der Waals surface area contributed by atoms with Crippen molar-refractivity contribution in [3.63, 3.8) is 0 Å². The van der Waals surface area contributed by atoms with Crippen LogP contribution in [0.1, 0.15) is 10.4 Å². The zero-order valence-electron chi connectivity index (χ0n) is 13.8. The van der Waals surface area contributed by atoms with Crippen LogP contribution in [0.3, 0.4) is 0 Å². The van der Waals surface area contributed by atoms with Crippen molar-refractivity contribution in [3.05, 3.63) is 53.2 Å². The summed E-state index contributed by atoms with van der Waals surface area (Å²) in [6.07, 6.45) is 0.887. The van der Waals surface area contributed by atoms with E-state index in [1.165, 1.54) is 10.4 Å². The van der Waals surface area contributed by atoms with Gasteiger partial charge in [-0.15, -0.1) is 11.3 Å². The van der Waals surface area contributed by atoms with Crippen LogP contribution >= 0.6 is 22.9 Å². The number of halogens is 1. The molecule has 10 heteroatoms. The van der Waals surface area contributed by atoms with E-state index in [1.807, 2.05) is 29.2 Å². The Morgan fingerprint density at radius 1 is 1.27 bits per heavy atom. The number of carboxylic acids is 1. The van der Waals surface area contributed by atoms with Crippen LogP contribution in [-0.2, 0) is 28.2 Å². The average Bonchev–Trinajstić information content (AvgIpc) is 2.88. The standard InChI is InChI=1S/C15H14ClNO2S.CH3.H2O4S/c16-12-4-2-1-3-11(12)14-7-10-8-17(9-15(18)19)6-5-13(10)20-14;;1-5(2,3)4/h1-4,7H,5-6,8-9H2,(H,18,19);1H3;(H2,1,2,3,4)/p-3. The lowest BCUT2D eigenvalue weighted by atomic mass is 10.1. The highest BCUT2D eigenvalue weighted by atomic mass is 35.5. The van der Waals surface area contributed by atoms with E-state index in [0.29, 0.717) is 6.54 Å².